The molecule has 2 nitrogen and oxygen atoms in total. The molecule has 1 rings (SSSR count). The van der Waals surface area contributed by atoms with E-state index in [1.807, 2.05) is 12.2 Å². The maximum atomic E-state index is 10.9. The third-order valence-corrected chi connectivity index (χ3v) is 2.94. The van der Waals surface area contributed by atoms with Crippen LogP contribution in [0.3, 0.4) is 0 Å². The molecule has 0 bridgehead atoms. The molecule has 0 saturated carbocycles. The normalized spacial score (nSPS) is 23.6. The van der Waals surface area contributed by atoms with E-state index in [1.165, 1.54) is 6.92 Å². The number of esters is 1. The summed E-state index contributed by atoms with van der Waals surface area (Å²) in [6.07, 6.45) is 6.22. The molecule has 1 aliphatic rings. The van der Waals surface area contributed by atoms with Crippen LogP contribution in [0.1, 0.15) is 26.2 Å². The highest BCUT2D eigenvalue weighted by molar-refractivity contribution is 6.68. The molecule has 2 atom stereocenters. The highest BCUT2D eigenvalue weighted by Crippen LogP contribution is 2.39. The van der Waals surface area contributed by atoms with Crippen LogP contribution in [0.25, 0.3) is 0 Å². The maximum absolute atomic E-state index is 10.9. The molecular formula is C10H13Cl3O2. The van der Waals surface area contributed by atoms with Crippen LogP contribution in [0, 0.1) is 5.92 Å². The Bertz CT molecular complexity index is 258. The van der Waals surface area contributed by atoms with Gasteiger partial charge in [-0.1, -0.05) is 47.0 Å². The van der Waals surface area contributed by atoms with Crippen molar-refractivity contribution in [1.82, 2.24) is 0 Å². The van der Waals surface area contributed by atoms with E-state index in [1.54, 1.807) is 0 Å². The molecule has 0 aliphatic heterocycles. The van der Waals surface area contributed by atoms with E-state index in [9.17, 15) is 4.79 Å². The Kier molecular flexibility index (Phi) is 4.75. The lowest BCUT2D eigenvalue weighted by Gasteiger charge is -2.31. The summed E-state index contributed by atoms with van der Waals surface area (Å²) >= 11 is 17.4. The molecule has 0 spiro atoms. The van der Waals surface area contributed by atoms with E-state index in [4.69, 9.17) is 39.5 Å². The van der Waals surface area contributed by atoms with Crippen molar-refractivity contribution in [1.29, 1.82) is 0 Å². The average molecular weight is 272 g/mol. The fraction of sp³-hybridized carbons (Fsp3) is 0.700. The van der Waals surface area contributed by atoms with Crippen molar-refractivity contribution in [3.8, 4) is 0 Å². The lowest BCUT2D eigenvalue weighted by molar-refractivity contribution is -0.148. The first kappa shape index (κ1) is 13.1. The van der Waals surface area contributed by atoms with Crippen LogP contribution in [0.15, 0.2) is 12.2 Å². The summed E-state index contributed by atoms with van der Waals surface area (Å²) in [5.41, 5.74) is 0. The zero-order valence-corrected chi connectivity index (χ0v) is 10.6. The minimum atomic E-state index is -1.57. The van der Waals surface area contributed by atoms with E-state index in [2.05, 4.69) is 0 Å². The van der Waals surface area contributed by atoms with Gasteiger partial charge in [0.05, 0.1) is 0 Å². The molecule has 2 unspecified atom stereocenters. The summed E-state index contributed by atoms with van der Waals surface area (Å²) in [5, 5.41) is 0. The Morgan fingerprint density at radius 3 is 2.60 bits per heavy atom. The summed E-state index contributed by atoms with van der Waals surface area (Å²) in [4.78, 5) is 10.9. The Morgan fingerprint density at radius 2 is 2.20 bits per heavy atom. The Balaban J connectivity index is 2.75. The molecule has 86 valence electrons. The topological polar surface area (TPSA) is 26.3 Å². The van der Waals surface area contributed by atoms with E-state index in [0.717, 1.165) is 19.3 Å². The summed E-state index contributed by atoms with van der Waals surface area (Å²) in [6.45, 7) is 1.32. The molecule has 0 N–H and O–H groups in total. The lowest BCUT2D eigenvalue weighted by atomic mass is 9.91. The highest BCUT2D eigenvalue weighted by Gasteiger charge is 2.40. The van der Waals surface area contributed by atoms with Gasteiger partial charge in [0.2, 0.25) is 3.79 Å². The first-order valence-electron chi connectivity index (χ1n) is 4.82. The molecule has 0 amide bonds. The molecule has 0 aromatic rings. The van der Waals surface area contributed by atoms with Gasteiger partial charge >= 0.3 is 5.97 Å². The smallest absolute Gasteiger partial charge is 0.303 e. The van der Waals surface area contributed by atoms with Crippen molar-refractivity contribution in [2.45, 2.75) is 36.1 Å². The molecule has 0 fully saturated rings. The number of carbonyl (C=O) groups excluding carboxylic acids is 1. The second-order valence-corrected chi connectivity index (χ2v) is 5.96. The average Bonchev–Trinajstić information content (AvgIpc) is 2.14. The van der Waals surface area contributed by atoms with Crippen molar-refractivity contribution in [3.05, 3.63) is 12.2 Å². The summed E-state index contributed by atoms with van der Waals surface area (Å²) < 4.78 is 3.50. The van der Waals surface area contributed by atoms with Gasteiger partial charge in [0.15, 0.2) is 6.10 Å². The fourth-order valence-corrected chi connectivity index (χ4v) is 2.29. The minimum Gasteiger partial charge on any atom is -0.457 e. The molecule has 5 heteroatoms. The number of ether oxygens (including phenoxy) is 1. The van der Waals surface area contributed by atoms with E-state index >= 15 is 0 Å². The highest BCUT2D eigenvalue weighted by atomic mass is 35.6. The van der Waals surface area contributed by atoms with Crippen molar-refractivity contribution >= 4 is 40.8 Å². The van der Waals surface area contributed by atoms with Crippen LogP contribution in [-0.2, 0) is 9.53 Å². The van der Waals surface area contributed by atoms with Gasteiger partial charge in [-0.15, -0.1) is 0 Å². The van der Waals surface area contributed by atoms with Gasteiger partial charge in [0.25, 0.3) is 0 Å². The molecule has 0 heterocycles. The van der Waals surface area contributed by atoms with E-state index in [-0.39, 0.29) is 5.92 Å². The molecule has 0 aromatic carbocycles. The molecule has 15 heavy (non-hydrogen) atoms. The van der Waals surface area contributed by atoms with Gasteiger partial charge in [-0.3, -0.25) is 4.79 Å². The Morgan fingerprint density at radius 1 is 1.53 bits per heavy atom. The molecular weight excluding hydrogens is 258 g/mol. The standard InChI is InChI=1S/C10H13Cl3O2/c1-7(14)15-9(10(11,12)13)8-5-3-2-4-6-8/h3,5,8-9H,2,4,6H2,1H3. The first-order valence-corrected chi connectivity index (χ1v) is 5.95. The van der Waals surface area contributed by atoms with Crippen molar-refractivity contribution in [2.24, 2.45) is 5.92 Å². The molecule has 0 saturated heterocycles. The summed E-state index contributed by atoms with van der Waals surface area (Å²) in [6, 6.07) is 0. The third kappa shape index (κ3) is 4.21. The number of hydrogen-bond donors (Lipinski definition) is 0. The van der Waals surface area contributed by atoms with Crippen LogP contribution in [0.5, 0.6) is 0 Å². The summed E-state index contributed by atoms with van der Waals surface area (Å²) in [7, 11) is 0. The van der Waals surface area contributed by atoms with Crippen LogP contribution in [0.2, 0.25) is 0 Å². The first-order chi connectivity index (χ1) is 6.91. The zero-order chi connectivity index (χ0) is 11.5. The fourth-order valence-electron chi connectivity index (χ4n) is 1.67. The number of rotatable bonds is 2. The van der Waals surface area contributed by atoms with Crippen molar-refractivity contribution < 1.29 is 9.53 Å². The maximum Gasteiger partial charge on any atom is 0.303 e. The lowest BCUT2D eigenvalue weighted by Crippen LogP contribution is -2.37. The van der Waals surface area contributed by atoms with Crippen LogP contribution >= 0.6 is 34.8 Å². The molecule has 1 aliphatic carbocycles. The Hall–Kier alpha value is 0.0800. The Labute approximate surface area is 105 Å². The van der Waals surface area contributed by atoms with E-state index in [0.29, 0.717) is 0 Å². The van der Waals surface area contributed by atoms with Crippen molar-refractivity contribution in [2.75, 3.05) is 0 Å². The van der Waals surface area contributed by atoms with Crippen LogP contribution in [0.4, 0.5) is 0 Å². The van der Waals surface area contributed by atoms with Gasteiger partial charge in [0, 0.05) is 12.8 Å². The predicted octanol–water partition coefficient (Wildman–Crippen LogP) is 3.64. The number of alkyl halides is 3. The zero-order valence-electron chi connectivity index (χ0n) is 8.38. The second kappa shape index (κ2) is 5.42. The molecule has 0 radical (unpaired) electrons. The summed E-state index contributed by atoms with van der Waals surface area (Å²) in [5.74, 6) is -0.430. The van der Waals surface area contributed by atoms with Gasteiger partial charge in [-0.2, -0.15) is 0 Å². The van der Waals surface area contributed by atoms with E-state index < -0.39 is 15.9 Å². The molecule has 0 aromatic heterocycles. The number of hydrogen-bond acceptors (Lipinski definition) is 2. The second-order valence-electron chi connectivity index (χ2n) is 3.59. The third-order valence-electron chi connectivity index (χ3n) is 2.30. The largest absolute Gasteiger partial charge is 0.457 e. The van der Waals surface area contributed by atoms with Gasteiger partial charge < -0.3 is 4.74 Å². The van der Waals surface area contributed by atoms with Crippen molar-refractivity contribution in [3.63, 3.8) is 0 Å². The van der Waals surface area contributed by atoms with Gasteiger partial charge in [0.1, 0.15) is 0 Å². The SMILES string of the molecule is CC(=O)OC(C1C=CCCC1)C(Cl)(Cl)Cl. The van der Waals surface area contributed by atoms with Gasteiger partial charge in [-0.25, -0.2) is 0 Å². The number of carbonyl (C=O) groups is 1. The number of allylic oxidation sites excluding steroid dienone is 1. The predicted molar refractivity (Wildman–Crippen MR) is 62.3 cm³/mol. The monoisotopic (exact) mass is 270 g/mol. The number of halogens is 3. The quantitative estimate of drug-likeness (QED) is 0.435. The van der Waals surface area contributed by atoms with Crippen LogP contribution < -0.4 is 0 Å². The van der Waals surface area contributed by atoms with Crippen LogP contribution in [-0.4, -0.2) is 15.9 Å². The minimum absolute atomic E-state index is 0.00449. The van der Waals surface area contributed by atoms with Gasteiger partial charge in [-0.05, 0) is 19.3 Å².